The van der Waals surface area contributed by atoms with E-state index in [2.05, 4.69) is 4.98 Å². The van der Waals surface area contributed by atoms with Gasteiger partial charge in [-0.1, -0.05) is 48.1 Å². The molecule has 2 N–H and O–H groups in total. The molecule has 0 saturated carbocycles. The minimum atomic E-state index is -0.379. The number of aromatic nitrogens is 1. The molecule has 0 radical (unpaired) electrons. The molecule has 1 saturated heterocycles. The third-order valence-electron chi connectivity index (χ3n) is 5.48. The first kappa shape index (κ1) is 24.0. The fourth-order valence-corrected chi connectivity index (χ4v) is 4.59. The van der Waals surface area contributed by atoms with Crippen molar-refractivity contribution in [3.8, 4) is 17.4 Å². The molecule has 180 valence electrons. The summed E-state index contributed by atoms with van der Waals surface area (Å²) in [6, 6.07) is 14.4. The highest BCUT2D eigenvalue weighted by molar-refractivity contribution is 7.09. The number of carbonyl (C=O) groups is 1. The van der Waals surface area contributed by atoms with Crippen molar-refractivity contribution in [1.82, 2.24) is 9.88 Å². The largest absolute Gasteiger partial charge is 0.494 e. The SMILES string of the molecule is CCC(COc1ccc(Cc2sc(=O)[nH]c2O)cc1)N1CC(COc2cccc(Cl)c2)OC1=O. The Morgan fingerprint density at radius 1 is 1.21 bits per heavy atom. The zero-order valence-electron chi connectivity index (χ0n) is 18.5. The van der Waals surface area contributed by atoms with Crippen molar-refractivity contribution in [1.29, 1.82) is 0 Å². The lowest BCUT2D eigenvalue weighted by Crippen LogP contribution is -2.40. The minimum absolute atomic E-state index is 0.0881. The molecule has 3 aromatic rings. The zero-order valence-corrected chi connectivity index (χ0v) is 20.1. The van der Waals surface area contributed by atoms with E-state index in [0.717, 1.165) is 16.9 Å². The predicted octanol–water partition coefficient (Wildman–Crippen LogP) is 4.44. The van der Waals surface area contributed by atoms with Gasteiger partial charge in [-0.2, -0.15) is 0 Å². The van der Waals surface area contributed by atoms with E-state index in [4.69, 9.17) is 25.8 Å². The van der Waals surface area contributed by atoms with Crippen molar-refractivity contribution in [2.75, 3.05) is 19.8 Å². The zero-order chi connectivity index (χ0) is 24.1. The molecule has 2 heterocycles. The Kier molecular flexibility index (Phi) is 7.64. The number of aromatic amines is 1. The van der Waals surface area contributed by atoms with Crippen molar-refractivity contribution in [3.63, 3.8) is 0 Å². The van der Waals surface area contributed by atoms with Crippen molar-refractivity contribution < 1.29 is 24.1 Å². The topological polar surface area (TPSA) is 101 Å². The van der Waals surface area contributed by atoms with Crippen LogP contribution in [0.1, 0.15) is 23.8 Å². The van der Waals surface area contributed by atoms with E-state index in [-0.39, 0.29) is 35.6 Å². The van der Waals surface area contributed by atoms with Crippen LogP contribution in [0, 0.1) is 0 Å². The van der Waals surface area contributed by atoms with Crippen LogP contribution in [0.15, 0.2) is 53.3 Å². The van der Waals surface area contributed by atoms with Crippen LogP contribution in [-0.4, -0.2) is 53.0 Å². The summed E-state index contributed by atoms with van der Waals surface area (Å²) in [5, 5.41) is 10.3. The molecular formula is C24H25ClN2O6S. The van der Waals surface area contributed by atoms with Crippen molar-refractivity contribution in [2.45, 2.75) is 31.9 Å². The van der Waals surface area contributed by atoms with Crippen LogP contribution >= 0.6 is 22.9 Å². The van der Waals surface area contributed by atoms with Crippen LogP contribution in [0.2, 0.25) is 5.02 Å². The van der Waals surface area contributed by atoms with E-state index in [1.807, 2.05) is 31.2 Å². The van der Waals surface area contributed by atoms with Crippen LogP contribution in [0.4, 0.5) is 4.79 Å². The van der Waals surface area contributed by atoms with Gasteiger partial charge in [-0.15, -0.1) is 0 Å². The van der Waals surface area contributed by atoms with Gasteiger partial charge in [0.05, 0.1) is 17.5 Å². The quantitative estimate of drug-likeness (QED) is 0.423. The number of H-pyrrole nitrogens is 1. The number of benzene rings is 2. The average molecular weight is 505 g/mol. The van der Waals surface area contributed by atoms with Crippen molar-refractivity contribution in [2.24, 2.45) is 0 Å². The molecule has 4 rings (SSSR count). The first-order chi connectivity index (χ1) is 16.4. The van der Waals surface area contributed by atoms with E-state index in [1.54, 1.807) is 29.2 Å². The average Bonchev–Trinajstić information content (AvgIpc) is 3.34. The molecule has 2 atom stereocenters. The Morgan fingerprint density at radius 3 is 2.68 bits per heavy atom. The second-order valence-corrected chi connectivity index (χ2v) is 9.41. The number of thiazole rings is 1. The highest BCUT2D eigenvalue weighted by Crippen LogP contribution is 2.23. The number of hydrogen-bond acceptors (Lipinski definition) is 7. The normalized spacial score (nSPS) is 16.4. The molecule has 1 aromatic heterocycles. The Bertz CT molecular complexity index is 1180. The van der Waals surface area contributed by atoms with E-state index in [0.29, 0.717) is 47.4 Å². The molecular weight excluding hydrogens is 480 g/mol. The van der Waals surface area contributed by atoms with Gasteiger partial charge in [0, 0.05) is 11.4 Å². The Labute approximate surface area is 205 Å². The van der Waals surface area contributed by atoms with Crippen molar-refractivity contribution >= 4 is 29.0 Å². The fourth-order valence-electron chi connectivity index (χ4n) is 3.65. The van der Waals surface area contributed by atoms with Gasteiger partial charge in [0.15, 0.2) is 6.10 Å². The number of hydrogen-bond donors (Lipinski definition) is 2. The minimum Gasteiger partial charge on any atom is -0.494 e. The molecule has 0 aliphatic carbocycles. The first-order valence-electron chi connectivity index (χ1n) is 10.9. The summed E-state index contributed by atoms with van der Waals surface area (Å²) in [5.41, 5.74) is 0.940. The molecule has 34 heavy (non-hydrogen) atoms. The number of carbonyl (C=O) groups excluding carboxylic acids is 1. The fraction of sp³-hybridized carbons (Fsp3) is 0.333. The summed E-state index contributed by atoms with van der Waals surface area (Å²) < 4.78 is 17.1. The van der Waals surface area contributed by atoms with Gasteiger partial charge in [0.25, 0.3) is 0 Å². The lowest BCUT2D eigenvalue weighted by atomic mass is 10.1. The Balaban J connectivity index is 1.28. The summed E-state index contributed by atoms with van der Waals surface area (Å²) >= 11 is 6.97. The molecule has 1 aliphatic rings. The first-order valence-corrected chi connectivity index (χ1v) is 12.1. The van der Waals surface area contributed by atoms with Crippen LogP contribution in [0.25, 0.3) is 0 Å². The second-order valence-electron chi connectivity index (χ2n) is 7.91. The smallest absolute Gasteiger partial charge is 0.410 e. The molecule has 8 nitrogen and oxygen atoms in total. The van der Waals surface area contributed by atoms with Gasteiger partial charge < -0.3 is 19.3 Å². The summed E-state index contributed by atoms with van der Waals surface area (Å²) in [6.45, 7) is 2.98. The Hall–Kier alpha value is -3.17. The maximum atomic E-state index is 12.4. The van der Waals surface area contributed by atoms with Crippen molar-refractivity contribution in [3.05, 3.63) is 73.7 Å². The standard InChI is InChI=1S/C24H25ClN2O6S/c1-2-17(27-12-20(33-24(27)30)14-32-19-5-3-4-16(25)11-19)13-31-18-8-6-15(7-9-18)10-21-22(28)26-23(29)34-21/h3-9,11,17,20,28H,2,10,12-14H2,1H3,(H,26,29). The molecule has 10 heteroatoms. The van der Waals surface area contributed by atoms with Crippen LogP contribution in [0.3, 0.4) is 0 Å². The number of rotatable bonds is 10. The van der Waals surface area contributed by atoms with Gasteiger partial charge in [-0.05, 0) is 42.3 Å². The summed E-state index contributed by atoms with van der Waals surface area (Å²) in [4.78, 5) is 28.1. The highest BCUT2D eigenvalue weighted by Gasteiger charge is 2.36. The van der Waals surface area contributed by atoms with Gasteiger partial charge in [0.1, 0.15) is 24.7 Å². The number of ether oxygens (including phenoxy) is 3. The van der Waals surface area contributed by atoms with E-state index < -0.39 is 0 Å². The number of nitrogens with one attached hydrogen (secondary N) is 1. The molecule has 1 fully saturated rings. The maximum absolute atomic E-state index is 12.4. The number of cyclic esters (lactones) is 1. The summed E-state index contributed by atoms with van der Waals surface area (Å²) in [5.74, 6) is 1.21. The summed E-state index contributed by atoms with van der Waals surface area (Å²) in [7, 11) is 0. The molecule has 0 spiro atoms. The van der Waals surface area contributed by atoms with E-state index in [1.165, 1.54) is 0 Å². The lowest BCUT2D eigenvalue weighted by Gasteiger charge is -2.24. The van der Waals surface area contributed by atoms with Gasteiger partial charge in [0.2, 0.25) is 5.88 Å². The van der Waals surface area contributed by atoms with E-state index >= 15 is 0 Å². The highest BCUT2D eigenvalue weighted by atomic mass is 35.5. The maximum Gasteiger partial charge on any atom is 0.410 e. The van der Waals surface area contributed by atoms with Crippen LogP contribution in [-0.2, 0) is 11.2 Å². The van der Waals surface area contributed by atoms with Crippen LogP contribution < -0.4 is 14.3 Å². The Morgan fingerprint density at radius 2 is 2.00 bits per heavy atom. The third-order valence-corrected chi connectivity index (χ3v) is 6.58. The van der Waals surface area contributed by atoms with Gasteiger partial charge >= 0.3 is 11.0 Å². The molecule has 0 bridgehead atoms. The molecule has 2 unspecified atom stereocenters. The lowest BCUT2D eigenvalue weighted by molar-refractivity contribution is 0.0994. The summed E-state index contributed by atoms with van der Waals surface area (Å²) in [6.07, 6.45) is 0.405. The van der Waals surface area contributed by atoms with Gasteiger partial charge in [-0.25, -0.2) is 4.79 Å². The molecule has 2 aromatic carbocycles. The van der Waals surface area contributed by atoms with E-state index in [9.17, 15) is 14.7 Å². The number of nitrogens with zero attached hydrogens (tertiary/aromatic N) is 1. The molecule has 1 aliphatic heterocycles. The second kappa shape index (κ2) is 10.8. The third kappa shape index (κ3) is 6.03. The monoisotopic (exact) mass is 504 g/mol. The van der Waals surface area contributed by atoms with Gasteiger partial charge in [-0.3, -0.25) is 14.7 Å². The molecule has 1 amide bonds. The van der Waals surface area contributed by atoms with Crippen LogP contribution in [0.5, 0.6) is 17.4 Å². The predicted molar refractivity (Wildman–Crippen MR) is 129 cm³/mol. The number of aromatic hydroxyl groups is 1. The number of halogens is 1. The number of amides is 1.